The molecule has 2 rings (SSSR count). The number of nitrogens with one attached hydrogen (secondary N) is 2. The SMILES string of the molecule is COC(=O)C1=C(C)NC(=O)NC1c1ccc(C)c(OC)c1. The maximum atomic E-state index is 12.0. The van der Waals surface area contributed by atoms with Gasteiger partial charge in [0.1, 0.15) is 5.75 Å². The third-order valence-corrected chi connectivity index (χ3v) is 3.44. The fourth-order valence-corrected chi connectivity index (χ4v) is 2.34. The Hall–Kier alpha value is -2.50. The summed E-state index contributed by atoms with van der Waals surface area (Å²) < 4.78 is 10.1. The lowest BCUT2D eigenvalue weighted by molar-refractivity contribution is -0.136. The number of rotatable bonds is 3. The summed E-state index contributed by atoms with van der Waals surface area (Å²) in [6.07, 6.45) is 0. The van der Waals surface area contributed by atoms with Gasteiger partial charge in [0, 0.05) is 5.70 Å². The van der Waals surface area contributed by atoms with Gasteiger partial charge in [-0.15, -0.1) is 0 Å². The number of hydrogen-bond donors (Lipinski definition) is 2. The first kappa shape index (κ1) is 14.9. The summed E-state index contributed by atoms with van der Waals surface area (Å²) in [7, 11) is 2.89. The molecule has 21 heavy (non-hydrogen) atoms. The zero-order valence-corrected chi connectivity index (χ0v) is 12.4. The molecule has 1 aliphatic rings. The number of allylic oxidation sites excluding steroid dienone is 1. The van der Waals surface area contributed by atoms with Crippen LogP contribution in [0.3, 0.4) is 0 Å². The second kappa shape index (κ2) is 5.87. The number of carbonyl (C=O) groups excluding carboxylic acids is 2. The second-order valence-electron chi connectivity index (χ2n) is 4.79. The Morgan fingerprint density at radius 3 is 2.57 bits per heavy atom. The summed E-state index contributed by atoms with van der Waals surface area (Å²) in [6.45, 7) is 3.59. The number of carbonyl (C=O) groups is 2. The molecule has 6 nitrogen and oxygen atoms in total. The molecule has 0 fully saturated rings. The summed E-state index contributed by atoms with van der Waals surface area (Å²) in [6, 6.07) is 4.61. The van der Waals surface area contributed by atoms with Gasteiger partial charge in [0.15, 0.2) is 0 Å². The third kappa shape index (κ3) is 2.84. The monoisotopic (exact) mass is 290 g/mol. The highest BCUT2D eigenvalue weighted by Gasteiger charge is 2.32. The predicted octanol–water partition coefficient (Wildman–Crippen LogP) is 1.80. The first-order valence-corrected chi connectivity index (χ1v) is 6.49. The van der Waals surface area contributed by atoms with Crippen molar-refractivity contribution in [3.05, 3.63) is 40.6 Å². The van der Waals surface area contributed by atoms with Gasteiger partial charge < -0.3 is 20.1 Å². The summed E-state index contributed by atoms with van der Waals surface area (Å²) in [5, 5.41) is 5.32. The van der Waals surface area contributed by atoms with Crippen LogP contribution in [0.25, 0.3) is 0 Å². The van der Waals surface area contributed by atoms with Crippen LogP contribution < -0.4 is 15.4 Å². The molecule has 0 spiro atoms. The lowest BCUT2D eigenvalue weighted by Crippen LogP contribution is -2.45. The molecule has 1 atom stereocenters. The maximum absolute atomic E-state index is 12.0. The van der Waals surface area contributed by atoms with Crippen LogP contribution in [0.1, 0.15) is 24.1 Å². The van der Waals surface area contributed by atoms with Crippen molar-refractivity contribution in [2.75, 3.05) is 14.2 Å². The molecular weight excluding hydrogens is 272 g/mol. The number of hydrogen-bond acceptors (Lipinski definition) is 4. The van der Waals surface area contributed by atoms with Gasteiger partial charge in [-0.05, 0) is 31.0 Å². The lowest BCUT2D eigenvalue weighted by atomic mass is 9.94. The van der Waals surface area contributed by atoms with Crippen LogP contribution in [0.15, 0.2) is 29.5 Å². The highest BCUT2D eigenvalue weighted by Crippen LogP contribution is 2.30. The van der Waals surface area contributed by atoms with E-state index >= 15 is 0 Å². The third-order valence-electron chi connectivity index (χ3n) is 3.44. The first-order chi connectivity index (χ1) is 9.97. The molecule has 0 bridgehead atoms. The van der Waals surface area contributed by atoms with Crippen LogP contribution in [0.4, 0.5) is 4.79 Å². The summed E-state index contributed by atoms with van der Waals surface area (Å²) in [5.74, 6) is 0.215. The van der Waals surface area contributed by atoms with Crippen molar-refractivity contribution in [1.82, 2.24) is 10.6 Å². The van der Waals surface area contributed by atoms with Gasteiger partial charge in [0.25, 0.3) is 0 Å². The molecular formula is C15H18N2O4. The number of esters is 1. The molecule has 1 aromatic carbocycles. The Balaban J connectivity index is 2.51. The van der Waals surface area contributed by atoms with E-state index in [9.17, 15) is 9.59 Å². The van der Waals surface area contributed by atoms with Crippen LogP contribution in [0.5, 0.6) is 5.75 Å². The fourth-order valence-electron chi connectivity index (χ4n) is 2.34. The minimum atomic E-state index is -0.569. The van der Waals surface area contributed by atoms with Crippen molar-refractivity contribution in [3.63, 3.8) is 0 Å². The van der Waals surface area contributed by atoms with E-state index in [0.717, 1.165) is 11.1 Å². The summed E-state index contributed by atoms with van der Waals surface area (Å²) in [4.78, 5) is 23.7. The topological polar surface area (TPSA) is 76.7 Å². The zero-order valence-electron chi connectivity index (χ0n) is 12.4. The van der Waals surface area contributed by atoms with E-state index in [1.54, 1.807) is 14.0 Å². The second-order valence-corrected chi connectivity index (χ2v) is 4.79. The smallest absolute Gasteiger partial charge is 0.337 e. The largest absolute Gasteiger partial charge is 0.496 e. The molecule has 112 valence electrons. The molecule has 6 heteroatoms. The van der Waals surface area contributed by atoms with E-state index in [-0.39, 0.29) is 6.03 Å². The standard InChI is InChI=1S/C15H18N2O4/c1-8-5-6-10(7-11(8)20-3)13-12(14(18)21-4)9(2)16-15(19)17-13/h5-7,13H,1-4H3,(H2,16,17,19). The minimum absolute atomic E-state index is 0.357. The molecule has 0 aromatic heterocycles. The number of methoxy groups -OCH3 is 2. The van der Waals surface area contributed by atoms with Gasteiger partial charge in [0.2, 0.25) is 0 Å². The average Bonchev–Trinajstić information content (AvgIpc) is 2.46. The summed E-state index contributed by atoms with van der Waals surface area (Å²) >= 11 is 0. The van der Waals surface area contributed by atoms with Crippen LogP contribution in [0, 0.1) is 6.92 Å². The Kier molecular flexibility index (Phi) is 4.16. The van der Waals surface area contributed by atoms with Gasteiger partial charge in [-0.2, -0.15) is 0 Å². The van der Waals surface area contributed by atoms with Crippen LogP contribution in [-0.4, -0.2) is 26.2 Å². The molecule has 0 saturated carbocycles. The highest BCUT2D eigenvalue weighted by molar-refractivity contribution is 5.94. The van der Waals surface area contributed by atoms with Gasteiger partial charge in [-0.1, -0.05) is 12.1 Å². The van der Waals surface area contributed by atoms with E-state index in [1.807, 2.05) is 25.1 Å². The van der Waals surface area contributed by atoms with Crippen molar-refractivity contribution >= 4 is 12.0 Å². The van der Waals surface area contributed by atoms with E-state index in [4.69, 9.17) is 9.47 Å². The van der Waals surface area contributed by atoms with Gasteiger partial charge in [-0.3, -0.25) is 0 Å². The minimum Gasteiger partial charge on any atom is -0.496 e. The number of amides is 2. The van der Waals surface area contributed by atoms with E-state index in [0.29, 0.717) is 17.0 Å². The van der Waals surface area contributed by atoms with Crippen molar-refractivity contribution in [2.45, 2.75) is 19.9 Å². The molecule has 1 aromatic rings. The van der Waals surface area contributed by atoms with E-state index < -0.39 is 12.0 Å². The summed E-state index contributed by atoms with van der Waals surface area (Å²) in [5.41, 5.74) is 2.59. The van der Waals surface area contributed by atoms with Crippen LogP contribution >= 0.6 is 0 Å². The molecule has 0 saturated heterocycles. The average molecular weight is 290 g/mol. The Bertz CT molecular complexity index is 622. The Labute approximate surface area is 123 Å². The van der Waals surface area contributed by atoms with Gasteiger partial charge in [0.05, 0.1) is 25.8 Å². The number of aryl methyl sites for hydroxylation is 1. The Morgan fingerprint density at radius 2 is 1.95 bits per heavy atom. The van der Waals surface area contributed by atoms with Crippen molar-refractivity contribution < 1.29 is 19.1 Å². The predicted molar refractivity (Wildman–Crippen MR) is 76.9 cm³/mol. The molecule has 2 N–H and O–H groups in total. The fraction of sp³-hybridized carbons (Fsp3) is 0.333. The van der Waals surface area contributed by atoms with Gasteiger partial charge in [-0.25, -0.2) is 9.59 Å². The highest BCUT2D eigenvalue weighted by atomic mass is 16.5. The molecule has 2 amide bonds. The first-order valence-electron chi connectivity index (χ1n) is 6.49. The quantitative estimate of drug-likeness (QED) is 0.832. The number of ether oxygens (including phenoxy) is 2. The molecule has 0 radical (unpaired) electrons. The van der Waals surface area contributed by atoms with E-state index in [2.05, 4.69) is 10.6 Å². The van der Waals surface area contributed by atoms with Crippen molar-refractivity contribution in [1.29, 1.82) is 0 Å². The maximum Gasteiger partial charge on any atom is 0.337 e. The molecule has 1 heterocycles. The molecule has 1 aliphatic heterocycles. The zero-order chi connectivity index (χ0) is 15.6. The van der Waals surface area contributed by atoms with Gasteiger partial charge >= 0.3 is 12.0 Å². The normalized spacial score (nSPS) is 17.9. The Morgan fingerprint density at radius 1 is 1.24 bits per heavy atom. The number of benzene rings is 1. The van der Waals surface area contributed by atoms with Crippen LogP contribution in [0.2, 0.25) is 0 Å². The molecule has 1 unspecified atom stereocenters. The van der Waals surface area contributed by atoms with E-state index in [1.165, 1.54) is 7.11 Å². The van der Waals surface area contributed by atoms with Crippen molar-refractivity contribution in [2.24, 2.45) is 0 Å². The van der Waals surface area contributed by atoms with Crippen molar-refractivity contribution in [3.8, 4) is 5.75 Å². The molecule has 0 aliphatic carbocycles. The lowest BCUT2D eigenvalue weighted by Gasteiger charge is -2.28. The van der Waals surface area contributed by atoms with Crippen LogP contribution in [-0.2, 0) is 9.53 Å². The number of urea groups is 1.